The van der Waals surface area contributed by atoms with Gasteiger partial charge in [0.25, 0.3) is 10.0 Å². The minimum Gasteiger partial charge on any atom is -0.243 e. The average molecular weight is 303 g/mol. The molecule has 19 heavy (non-hydrogen) atoms. The predicted molar refractivity (Wildman–Crippen MR) is 75.6 cm³/mol. The van der Waals surface area contributed by atoms with Crippen molar-refractivity contribution in [1.29, 1.82) is 0 Å². The fourth-order valence-electron chi connectivity index (χ4n) is 2.33. The summed E-state index contributed by atoms with van der Waals surface area (Å²) >= 11 is 5.67. The van der Waals surface area contributed by atoms with Crippen molar-refractivity contribution in [3.05, 3.63) is 23.9 Å². The molecule has 6 heteroatoms. The maximum Gasteiger partial charge on any atom is 0.260 e. The lowest BCUT2D eigenvalue weighted by molar-refractivity contribution is 0.268. The van der Waals surface area contributed by atoms with Crippen LogP contribution in [0.3, 0.4) is 0 Å². The highest BCUT2D eigenvalue weighted by molar-refractivity contribution is 7.89. The van der Waals surface area contributed by atoms with E-state index in [0.29, 0.717) is 24.9 Å². The quantitative estimate of drug-likeness (QED) is 0.803. The van der Waals surface area contributed by atoms with E-state index in [-0.39, 0.29) is 5.03 Å². The molecule has 0 saturated carbocycles. The lowest BCUT2D eigenvalue weighted by Gasteiger charge is -2.30. The van der Waals surface area contributed by atoms with Gasteiger partial charge in [0, 0.05) is 25.2 Å². The minimum absolute atomic E-state index is 0.122. The summed E-state index contributed by atoms with van der Waals surface area (Å²) in [6.45, 7) is 3.35. The maximum atomic E-state index is 12.4. The first kappa shape index (κ1) is 14.8. The second-order valence-electron chi connectivity index (χ2n) is 4.89. The Kier molecular flexibility index (Phi) is 4.81. The summed E-state index contributed by atoms with van der Waals surface area (Å²) in [6, 6.07) is 3.25. The fraction of sp³-hybridized carbons (Fsp3) is 0.615. The molecule has 0 aliphatic carbocycles. The van der Waals surface area contributed by atoms with Gasteiger partial charge in [-0.25, -0.2) is 13.4 Å². The standard InChI is InChI=1S/C13H19ClN2O2S/c1-2-11-5-7-16(8-6-11)19(17,18)13-4-3-12(9-14)10-15-13/h3-4,10-11H,2,5-9H2,1H3. The van der Waals surface area contributed by atoms with Gasteiger partial charge in [-0.15, -0.1) is 11.6 Å². The number of nitrogens with zero attached hydrogens (tertiary/aromatic N) is 2. The molecule has 0 atom stereocenters. The monoisotopic (exact) mass is 302 g/mol. The molecule has 0 aromatic carbocycles. The van der Waals surface area contributed by atoms with E-state index in [9.17, 15) is 8.42 Å². The van der Waals surface area contributed by atoms with Gasteiger partial charge in [-0.3, -0.25) is 0 Å². The second kappa shape index (κ2) is 6.20. The van der Waals surface area contributed by atoms with Gasteiger partial charge >= 0.3 is 0 Å². The Balaban J connectivity index is 2.13. The van der Waals surface area contributed by atoms with Crippen LogP contribution < -0.4 is 0 Å². The Bertz CT molecular complexity index is 508. The summed E-state index contributed by atoms with van der Waals surface area (Å²) in [7, 11) is -3.44. The number of alkyl halides is 1. The minimum atomic E-state index is -3.44. The molecule has 0 spiro atoms. The second-order valence-corrected chi connectivity index (χ2v) is 7.05. The molecule has 2 heterocycles. The third-order valence-electron chi connectivity index (χ3n) is 3.71. The van der Waals surface area contributed by atoms with Gasteiger partial charge in [0.2, 0.25) is 0 Å². The van der Waals surface area contributed by atoms with Crippen LogP contribution in [0.1, 0.15) is 31.7 Å². The van der Waals surface area contributed by atoms with Gasteiger partial charge in [0.1, 0.15) is 0 Å². The molecular weight excluding hydrogens is 284 g/mol. The summed E-state index contributed by atoms with van der Waals surface area (Å²) in [4.78, 5) is 4.02. The van der Waals surface area contributed by atoms with Crippen LogP contribution in [0.15, 0.2) is 23.4 Å². The van der Waals surface area contributed by atoms with Gasteiger partial charge in [-0.1, -0.05) is 19.4 Å². The highest BCUT2D eigenvalue weighted by Gasteiger charge is 2.29. The number of aromatic nitrogens is 1. The lowest BCUT2D eigenvalue weighted by Crippen LogP contribution is -2.38. The van der Waals surface area contributed by atoms with Crippen LogP contribution in [0.2, 0.25) is 0 Å². The number of rotatable bonds is 4. The molecule has 1 aromatic heterocycles. The van der Waals surface area contributed by atoms with Crippen molar-refractivity contribution >= 4 is 21.6 Å². The van der Waals surface area contributed by atoms with Gasteiger partial charge < -0.3 is 0 Å². The van der Waals surface area contributed by atoms with E-state index in [1.165, 1.54) is 6.20 Å². The van der Waals surface area contributed by atoms with E-state index in [4.69, 9.17) is 11.6 Å². The molecule has 106 valence electrons. The Labute approximate surface area is 119 Å². The first-order chi connectivity index (χ1) is 9.07. The van der Waals surface area contributed by atoms with Crippen LogP contribution in [0.4, 0.5) is 0 Å². The highest BCUT2D eigenvalue weighted by atomic mass is 35.5. The molecular formula is C13H19ClN2O2S. The van der Waals surface area contributed by atoms with Gasteiger partial charge in [-0.2, -0.15) is 4.31 Å². The van der Waals surface area contributed by atoms with Crippen molar-refractivity contribution in [2.45, 2.75) is 37.1 Å². The van der Waals surface area contributed by atoms with Gasteiger partial charge in [0.05, 0.1) is 0 Å². The van der Waals surface area contributed by atoms with E-state index >= 15 is 0 Å². The molecule has 4 nitrogen and oxygen atoms in total. The first-order valence-electron chi connectivity index (χ1n) is 6.59. The van der Waals surface area contributed by atoms with E-state index in [1.54, 1.807) is 16.4 Å². The number of hydrogen-bond donors (Lipinski definition) is 0. The molecule has 1 saturated heterocycles. The molecule has 1 aromatic rings. The van der Waals surface area contributed by atoms with Gasteiger partial charge in [-0.05, 0) is 30.4 Å². The van der Waals surface area contributed by atoms with Crippen molar-refractivity contribution in [3.63, 3.8) is 0 Å². The summed E-state index contributed by atoms with van der Waals surface area (Å²) in [5.41, 5.74) is 0.824. The van der Waals surface area contributed by atoms with Crippen molar-refractivity contribution < 1.29 is 8.42 Å². The zero-order chi connectivity index (χ0) is 13.9. The Morgan fingerprint density at radius 1 is 1.37 bits per heavy atom. The maximum absolute atomic E-state index is 12.4. The third-order valence-corrected chi connectivity index (χ3v) is 5.83. The number of sulfonamides is 1. The number of piperidine rings is 1. The zero-order valence-corrected chi connectivity index (χ0v) is 12.6. The topological polar surface area (TPSA) is 50.3 Å². The SMILES string of the molecule is CCC1CCN(S(=O)(=O)c2ccc(CCl)cn2)CC1. The van der Waals surface area contributed by atoms with Crippen molar-refractivity contribution in [1.82, 2.24) is 9.29 Å². The largest absolute Gasteiger partial charge is 0.260 e. The van der Waals surface area contributed by atoms with Crippen LogP contribution in [0.5, 0.6) is 0 Å². The van der Waals surface area contributed by atoms with E-state index < -0.39 is 10.0 Å². The molecule has 0 amide bonds. The van der Waals surface area contributed by atoms with Crippen LogP contribution in [-0.4, -0.2) is 30.8 Å². The summed E-state index contributed by atoms with van der Waals surface area (Å²) in [6.07, 6.45) is 4.53. The van der Waals surface area contributed by atoms with Crippen LogP contribution in [-0.2, 0) is 15.9 Å². The molecule has 1 aliphatic rings. The zero-order valence-electron chi connectivity index (χ0n) is 11.0. The fourth-order valence-corrected chi connectivity index (χ4v) is 3.87. The van der Waals surface area contributed by atoms with E-state index in [0.717, 1.165) is 24.8 Å². The molecule has 0 bridgehead atoms. The number of hydrogen-bond acceptors (Lipinski definition) is 3. The number of halogens is 1. The molecule has 1 fully saturated rings. The normalized spacial score (nSPS) is 18.6. The molecule has 0 unspecified atom stereocenters. The molecule has 1 aliphatic heterocycles. The number of pyridine rings is 1. The predicted octanol–water partition coefficient (Wildman–Crippen LogP) is 2.63. The van der Waals surface area contributed by atoms with Crippen LogP contribution in [0.25, 0.3) is 0 Å². The Morgan fingerprint density at radius 2 is 2.05 bits per heavy atom. The van der Waals surface area contributed by atoms with Crippen LogP contribution >= 0.6 is 11.6 Å². The van der Waals surface area contributed by atoms with Crippen molar-refractivity contribution in [2.75, 3.05) is 13.1 Å². The molecule has 0 radical (unpaired) electrons. The first-order valence-corrected chi connectivity index (χ1v) is 8.56. The highest BCUT2D eigenvalue weighted by Crippen LogP contribution is 2.24. The lowest BCUT2D eigenvalue weighted by atomic mass is 9.96. The Hall–Kier alpha value is -0.650. The summed E-state index contributed by atoms with van der Waals surface area (Å²) in [5.74, 6) is 0.993. The van der Waals surface area contributed by atoms with E-state index in [1.807, 2.05) is 0 Å². The van der Waals surface area contributed by atoms with Gasteiger partial charge in [0.15, 0.2) is 5.03 Å². The summed E-state index contributed by atoms with van der Waals surface area (Å²) < 4.78 is 26.4. The smallest absolute Gasteiger partial charge is 0.243 e. The summed E-state index contributed by atoms with van der Waals surface area (Å²) in [5, 5.41) is 0.122. The molecule has 2 rings (SSSR count). The Morgan fingerprint density at radius 3 is 2.53 bits per heavy atom. The van der Waals surface area contributed by atoms with Crippen molar-refractivity contribution in [2.24, 2.45) is 5.92 Å². The third kappa shape index (κ3) is 3.27. The molecule has 0 N–H and O–H groups in total. The van der Waals surface area contributed by atoms with Crippen LogP contribution in [0, 0.1) is 5.92 Å². The van der Waals surface area contributed by atoms with Crippen molar-refractivity contribution in [3.8, 4) is 0 Å². The van der Waals surface area contributed by atoms with E-state index in [2.05, 4.69) is 11.9 Å². The average Bonchev–Trinajstić information content (AvgIpc) is 2.47.